The Morgan fingerprint density at radius 1 is 1.29 bits per heavy atom. The van der Waals surface area contributed by atoms with Crippen molar-refractivity contribution >= 4 is 11.9 Å². The summed E-state index contributed by atoms with van der Waals surface area (Å²) >= 11 is 0. The van der Waals surface area contributed by atoms with Crippen LogP contribution in [0.1, 0.15) is 20.3 Å². The third kappa shape index (κ3) is 5.87. The monoisotopic (exact) mass is 242 g/mol. The van der Waals surface area contributed by atoms with E-state index in [1.807, 2.05) is 0 Å². The topological polar surface area (TPSA) is 83.8 Å². The van der Waals surface area contributed by atoms with E-state index in [1.54, 1.807) is 13.0 Å². The average Bonchev–Trinajstić information content (AvgIpc) is 2.32. The van der Waals surface area contributed by atoms with E-state index >= 15 is 0 Å². The Bertz CT molecular complexity index is 341. The van der Waals surface area contributed by atoms with Crippen molar-refractivity contribution in [2.45, 2.75) is 20.3 Å². The number of aliphatic hydroxyl groups is 1. The molecule has 0 aliphatic carbocycles. The first kappa shape index (κ1) is 15.4. The predicted octanol–water partition coefficient (Wildman–Crippen LogP) is 1.14. The van der Waals surface area contributed by atoms with Crippen molar-refractivity contribution in [3.63, 3.8) is 0 Å². The van der Waals surface area contributed by atoms with E-state index in [9.17, 15) is 9.59 Å². The lowest BCUT2D eigenvalue weighted by atomic mass is 10.0. The number of aliphatic carboxylic acids is 1. The maximum atomic E-state index is 11.1. The molecule has 1 unspecified atom stereocenters. The van der Waals surface area contributed by atoms with Gasteiger partial charge in [-0.1, -0.05) is 12.2 Å². The van der Waals surface area contributed by atoms with Crippen LogP contribution in [-0.2, 0) is 14.3 Å². The number of allylic oxidation sites excluding steroid dienone is 1. The minimum absolute atomic E-state index is 0.155. The van der Waals surface area contributed by atoms with Crippen LogP contribution in [0.2, 0.25) is 0 Å². The van der Waals surface area contributed by atoms with Gasteiger partial charge >= 0.3 is 11.9 Å². The lowest BCUT2D eigenvalue weighted by molar-refractivity contribution is -0.136. The van der Waals surface area contributed by atoms with Crippen molar-refractivity contribution in [2.75, 3.05) is 13.7 Å². The molecule has 0 radical (unpaired) electrons. The molecule has 0 rings (SSSR count). The van der Waals surface area contributed by atoms with Gasteiger partial charge in [-0.15, -0.1) is 0 Å². The fourth-order valence-electron chi connectivity index (χ4n) is 1.19. The summed E-state index contributed by atoms with van der Waals surface area (Å²) in [6.07, 6.45) is 3.46. The van der Waals surface area contributed by atoms with Gasteiger partial charge in [-0.25, -0.2) is 9.59 Å². The summed E-state index contributed by atoms with van der Waals surface area (Å²) in [5.74, 6) is -1.74. The Hall–Kier alpha value is -1.62. The van der Waals surface area contributed by atoms with Crippen molar-refractivity contribution in [3.05, 3.63) is 23.3 Å². The molecule has 96 valence electrons. The number of hydrogen-bond donors (Lipinski definition) is 2. The van der Waals surface area contributed by atoms with E-state index in [0.29, 0.717) is 12.0 Å². The predicted molar refractivity (Wildman–Crippen MR) is 62.4 cm³/mol. The minimum atomic E-state index is -0.990. The van der Waals surface area contributed by atoms with Gasteiger partial charge in [0.1, 0.15) is 0 Å². The SMILES string of the molecule is COC(=O)C(C)=CC(CO)CC=C(C)C(=O)O. The molecule has 0 aromatic carbocycles. The second-order valence-electron chi connectivity index (χ2n) is 3.71. The van der Waals surface area contributed by atoms with Gasteiger partial charge in [0.05, 0.1) is 7.11 Å². The van der Waals surface area contributed by atoms with E-state index in [0.717, 1.165) is 0 Å². The normalized spacial score (nSPS) is 14.4. The van der Waals surface area contributed by atoms with E-state index < -0.39 is 11.9 Å². The molecule has 17 heavy (non-hydrogen) atoms. The molecule has 5 nitrogen and oxygen atoms in total. The highest BCUT2D eigenvalue weighted by Crippen LogP contribution is 2.11. The largest absolute Gasteiger partial charge is 0.478 e. The molecule has 0 bridgehead atoms. The van der Waals surface area contributed by atoms with E-state index in [2.05, 4.69) is 4.74 Å². The molecule has 0 aliphatic heterocycles. The first-order valence-electron chi connectivity index (χ1n) is 5.20. The third-order valence-electron chi connectivity index (χ3n) is 2.29. The highest BCUT2D eigenvalue weighted by atomic mass is 16.5. The van der Waals surface area contributed by atoms with Crippen LogP contribution in [0.15, 0.2) is 23.3 Å². The van der Waals surface area contributed by atoms with Gasteiger partial charge in [0.2, 0.25) is 0 Å². The summed E-state index contributed by atoms with van der Waals surface area (Å²) in [5, 5.41) is 17.8. The van der Waals surface area contributed by atoms with Gasteiger partial charge < -0.3 is 14.9 Å². The number of methoxy groups -OCH3 is 1. The number of carbonyl (C=O) groups excluding carboxylic acids is 1. The zero-order chi connectivity index (χ0) is 13.4. The summed E-state index contributed by atoms with van der Waals surface area (Å²) in [4.78, 5) is 21.7. The van der Waals surface area contributed by atoms with Gasteiger partial charge in [0.25, 0.3) is 0 Å². The average molecular weight is 242 g/mol. The molecule has 0 amide bonds. The Balaban J connectivity index is 4.60. The molecule has 2 N–H and O–H groups in total. The number of carbonyl (C=O) groups is 2. The van der Waals surface area contributed by atoms with Gasteiger partial charge in [0, 0.05) is 23.7 Å². The quantitative estimate of drug-likeness (QED) is 0.539. The third-order valence-corrected chi connectivity index (χ3v) is 2.29. The van der Waals surface area contributed by atoms with E-state index in [1.165, 1.54) is 20.1 Å². The van der Waals surface area contributed by atoms with Crippen LogP contribution in [0, 0.1) is 5.92 Å². The van der Waals surface area contributed by atoms with Crippen molar-refractivity contribution in [1.29, 1.82) is 0 Å². The Morgan fingerprint density at radius 2 is 1.88 bits per heavy atom. The molecule has 5 heteroatoms. The van der Waals surface area contributed by atoms with Crippen molar-refractivity contribution in [3.8, 4) is 0 Å². The molecule has 0 saturated heterocycles. The number of ether oxygens (including phenoxy) is 1. The van der Waals surface area contributed by atoms with Crippen LogP contribution in [-0.4, -0.2) is 35.9 Å². The van der Waals surface area contributed by atoms with Crippen molar-refractivity contribution in [2.24, 2.45) is 5.92 Å². The van der Waals surface area contributed by atoms with E-state index in [-0.39, 0.29) is 18.1 Å². The number of esters is 1. The van der Waals surface area contributed by atoms with Gasteiger partial charge in [-0.05, 0) is 20.3 Å². The molecule has 0 aromatic heterocycles. The van der Waals surface area contributed by atoms with Gasteiger partial charge in [0.15, 0.2) is 0 Å². The second-order valence-corrected chi connectivity index (χ2v) is 3.71. The zero-order valence-corrected chi connectivity index (χ0v) is 10.3. The first-order chi connectivity index (χ1) is 7.92. The number of carboxylic acid groups (broad SMARTS) is 1. The first-order valence-corrected chi connectivity index (χ1v) is 5.20. The molecule has 0 heterocycles. The lowest BCUT2D eigenvalue weighted by Gasteiger charge is -2.08. The Kier molecular flexibility index (Phi) is 6.89. The number of rotatable bonds is 6. The smallest absolute Gasteiger partial charge is 0.333 e. The summed E-state index contributed by atoms with van der Waals surface area (Å²) in [7, 11) is 1.28. The van der Waals surface area contributed by atoms with Crippen LogP contribution < -0.4 is 0 Å². The van der Waals surface area contributed by atoms with E-state index in [4.69, 9.17) is 10.2 Å². The molecular weight excluding hydrogens is 224 g/mol. The van der Waals surface area contributed by atoms with Crippen LogP contribution >= 0.6 is 0 Å². The highest BCUT2D eigenvalue weighted by Gasteiger charge is 2.09. The Labute approximate surface area is 100 Å². The second kappa shape index (κ2) is 7.62. The maximum Gasteiger partial charge on any atom is 0.333 e. The summed E-state index contributed by atoms with van der Waals surface area (Å²) in [6.45, 7) is 2.91. The summed E-state index contributed by atoms with van der Waals surface area (Å²) in [5.41, 5.74) is 0.612. The minimum Gasteiger partial charge on any atom is -0.478 e. The van der Waals surface area contributed by atoms with Crippen molar-refractivity contribution < 1.29 is 24.5 Å². The standard InChI is InChI=1S/C12H18O5/c1-8(11(14)15)4-5-10(7-13)6-9(2)12(16)17-3/h4,6,10,13H,5,7H2,1-3H3,(H,14,15). The lowest BCUT2D eigenvalue weighted by Crippen LogP contribution is -2.08. The molecule has 0 aromatic rings. The maximum absolute atomic E-state index is 11.1. The number of hydrogen-bond acceptors (Lipinski definition) is 4. The number of carboxylic acids is 1. The summed E-state index contributed by atoms with van der Waals surface area (Å²) < 4.78 is 4.52. The molecule has 0 aliphatic rings. The highest BCUT2D eigenvalue weighted by molar-refractivity contribution is 5.87. The molecule has 0 spiro atoms. The van der Waals surface area contributed by atoms with Crippen LogP contribution in [0.5, 0.6) is 0 Å². The van der Waals surface area contributed by atoms with Crippen LogP contribution in [0.4, 0.5) is 0 Å². The van der Waals surface area contributed by atoms with Crippen LogP contribution in [0.3, 0.4) is 0 Å². The fraction of sp³-hybridized carbons (Fsp3) is 0.500. The Morgan fingerprint density at radius 3 is 2.29 bits per heavy atom. The van der Waals surface area contributed by atoms with Crippen LogP contribution in [0.25, 0.3) is 0 Å². The molecular formula is C12H18O5. The number of aliphatic hydroxyl groups excluding tert-OH is 1. The fourth-order valence-corrected chi connectivity index (χ4v) is 1.19. The molecule has 0 saturated carbocycles. The zero-order valence-electron chi connectivity index (χ0n) is 10.3. The molecule has 0 fully saturated rings. The van der Waals surface area contributed by atoms with Gasteiger partial charge in [-0.2, -0.15) is 0 Å². The van der Waals surface area contributed by atoms with Crippen molar-refractivity contribution in [1.82, 2.24) is 0 Å². The molecule has 1 atom stereocenters. The van der Waals surface area contributed by atoms with Gasteiger partial charge in [-0.3, -0.25) is 0 Å². The summed E-state index contributed by atoms with van der Waals surface area (Å²) in [6, 6.07) is 0.